The fourth-order valence-corrected chi connectivity index (χ4v) is 13.0. The van der Waals surface area contributed by atoms with Crippen LogP contribution in [0, 0.1) is 6.92 Å². The number of nitrogens with zero attached hydrogens (tertiary/aromatic N) is 2. The molecule has 3 heterocycles. The van der Waals surface area contributed by atoms with E-state index in [1.807, 2.05) is 11.3 Å². The topological polar surface area (TPSA) is 6.48 Å². The lowest BCUT2D eigenvalue weighted by Gasteiger charge is -2.43. The third kappa shape index (κ3) is 4.39. The van der Waals surface area contributed by atoms with Crippen molar-refractivity contribution in [3.63, 3.8) is 0 Å². The minimum Gasteiger partial charge on any atom is -0.311 e. The number of para-hydroxylation sites is 2. The lowest BCUT2D eigenvalue weighted by atomic mass is 9.36. The van der Waals surface area contributed by atoms with Crippen molar-refractivity contribution in [3.05, 3.63) is 234 Å². The van der Waals surface area contributed by atoms with Crippen molar-refractivity contribution in [1.29, 1.82) is 0 Å². The van der Waals surface area contributed by atoms with E-state index in [1.54, 1.807) is 0 Å². The van der Waals surface area contributed by atoms with Gasteiger partial charge in [0.1, 0.15) is 0 Å². The highest BCUT2D eigenvalue weighted by Crippen LogP contribution is 2.64. The molecular weight excluding hydrogens is 768 g/mol. The first-order valence-corrected chi connectivity index (χ1v) is 22.4. The summed E-state index contributed by atoms with van der Waals surface area (Å²) in [5, 5.41) is 1.30. The Balaban J connectivity index is 1.08. The second-order valence-corrected chi connectivity index (χ2v) is 18.3. The summed E-state index contributed by atoms with van der Waals surface area (Å²) in [6.07, 6.45) is 0. The van der Waals surface area contributed by atoms with Gasteiger partial charge in [0.2, 0.25) is 0 Å². The number of hydrogen-bond acceptors (Lipinski definition) is 3. The van der Waals surface area contributed by atoms with Gasteiger partial charge in [-0.05, 0) is 128 Å². The molecule has 0 unspecified atom stereocenters. The molecule has 9 aromatic carbocycles. The molecule has 0 radical (unpaired) electrons. The van der Waals surface area contributed by atoms with Crippen LogP contribution in [0.3, 0.4) is 0 Å². The van der Waals surface area contributed by atoms with Crippen LogP contribution in [0.15, 0.2) is 206 Å². The van der Waals surface area contributed by atoms with Crippen LogP contribution >= 0.6 is 11.3 Å². The van der Waals surface area contributed by atoms with E-state index in [4.69, 9.17) is 0 Å². The Kier molecular flexibility index (Phi) is 6.96. The minimum absolute atomic E-state index is 0.0413. The second kappa shape index (κ2) is 12.6. The highest BCUT2D eigenvalue weighted by Gasteiger charge is 2.52. The fourth-order valence-electron chi connectivity index (χ4n) is 11.6. The smallest absolute Gasteiger partial charge is 0.264 e. The van der Waals surface area contributed by atoms with Crippen molar-refractivity contribution in [3.8, 4) is 33.4 Å². The molecule has 62 heavy (non-hydrogen) atoms. The summed E-state index contributed by atoms with van der Waals surface area (Å²) < 4.78 is 2.71. The summed E-state index contributed by atoms with van der Waals surface area (Å²) >= 11 is 1.99. The van der Waals surface area contributed by atoms with Crippen molar-refractivity contribution in [1.82, 2.24) is 0 Å². The first-order valence-electron chi connectivity index (χ1n) is 21.6. The number of hydrogen-bond donors (Lipinski definition) is 0. The van der Waals surface area contributed by atoms with Crippen LogP contribution in [-0.4, -0.2) is 6.71 Å². The number of rotatable bonds is 3. The summed E-state index contributed by atoms with van der Waals surface area (Å²) in [6, 6.07) is 77.7. The molecule has 0 amide bonds. The van der Waals surface area contributed by atoms with Crippen LogP contribution < -0.4 is 25.5 Å². The Hall–Kier alpha value is -7.40. The lowest BCUT2D eigenvalue weighted by Crippen LogP contribution is -2.60. The molecule has 4 heteroatoms. The van der Waals surface area contributed by atoms with Crippen LogP contribution in [0.2, 0.25) is 0 Å². The fraction of sp³-hybridized carbons (Fsp3) is 0.0345. The third-order valence-corrected chi connectivity index (χ3v) is 15.3. The summed E-state index contributed by atoms with van der Waals surface area (Å²) in [6.45, 7) is 2.20. The van der Waals surface area contributed by atoms with Gasteiger partial charge in [0.25, 0.3) is 6.71 Å². The van der Waals surface area contributed by atoms with Crippen molar-refractivity contribution < 1.29 is 0 Å². The van der Waals surface area contributed by atoms with Gasteiger partial charge in [-0.15, -0.1) is 11.3 Å². The monoisotopic (exact) mass is 804 g/mol. The van der Waals surface area contributed by atoms with E-state index < -0.39 is 5.41 Å². The highest BCUT2D eigenvalue weighted by atomic mass is 32.1. The van der Waals surface area contributed by atoms with Gasteiger partial charge in [0.05, 0.1) is 11.1 Å². The molecule has 1 spiro atoms. The molecule has 0 bridgehead atoms. The summed E-state index contributed by atoms with van der Waals surface area (Å²) in [5.41, 5.74) is 24.2. The molecule has 2 nitrogen and oxygen atoms in total. The van der Waals surface area contributed by atoms with Gasteiger partial charge in [0.15, 0.2) is 0 Å². The first kappa shape index (κ1) is 34.3. The molecule has 2 aliphatic heterocycles. The number of thiophene rings is 1. The summed E-state index contributed by atoms with van der Waals surface area (Å²) in [7, 11) is 0. The molecular formula is C58H37BN2S. The molecule has 4 aliphatic rings. The normalized spacial score (nSPS) is 14.2. The first-order chi connectivity index (χ1) is 30.7. The molecule has 2 aliphatic carbocycles. The van der Waals surface area contributed by atoms with Gasteiger partial charge in [-0.25, -0.2) is 0 Å². The minimum atomic E-state index is -0.396. The Morgan fingerprint density at radius 2 is 0.984 bits per heavy atom. The number of anilines is 6. The Labute approximate surface area is 365 Å². The number of fused-ring (bicyclic) bond motifs is 16. The lowest BCUT2D eigenvalue weighted by molar-refractivity contribution is 0.795. The van der Waals surface area contributed by atoms with Gasteiger partial charge in [-0.3, -0.25) is 0 Å². The zero-order chi connectivity index (χ0) is 40.7. The third-order valence-electron chi connectivity index (χ3n) is 14.1. The molecule has 288 valence electrons. The van der Waals surface area contributed by atoms with Gasteiger partial charge >= 0.3 is 0 Å². The molecule has 0 fully saturated rings. The molecule has 0 saturated carbocycles. The van der Waals surface area contributed by atoms with Crippen molar-refractivity contribution in [2.75, 3.05) is 9.80 Å². The molecule has 0 atom stereocenters. The zero-order valence-electron chi connectivity index (χ0n) is 34.0. The molecule has 10 aromatic rings. The van der Waals surface area contributed by atoms with E-state index >= 15 is 0 Å². The van der Waals surface area contributed by atoms with E-state index in [0.717, 1.165) is 5.69 Å². The predicted octanol–water partition coefficient (Wildman–Crippen LogP) is 13.3. The van der Waals surface area contributed by atoms with Crippen LogP contribution in [0.4, 0.5) is 34.1 Å². The Morgan fingerprint density at radius 3 is 1.63 bits per heavy atom. The molecule has 1 aromatic heterocycles. The van der Waals surface area contributed by atoms with E-state index in [0.29, 0.717) is 0 Å². The largest absolute Gasteiger partial charge is 0.311 e. The number of aryl methyl sites for hydroxylation is 1. The second-order valence-electron chi connectivity index (χ2n) is 17.2. The van der Waals surface area contributed by atoms with E-state index in [1.165, 1.54) is 115 Å². The SMILES string of the molecule is Cc1ccc(-c2ccc3c(c2)N(c2ccccc2)c2cccc4c2B3c2sc3cc5c(cc3c2N4c2ccccc2)-c2ccccc2C52c3ccccc3-c3ccccc32)cc1. The van der Waals surface area contributed by atoms with E-state index in [2.05, 4.69) is 223 Å². The average molecular weight is 805 g/mol. The Morgan fingerprint density at radius 1 is 0.435 bits per heavy atom. The predicted molar refractivity (Wildman–Crippen MR) is 262 cm³/mol. The Bertz CT molecular complexity index is 3450. The maximum atomic E-state index is 2.59. The molecule has 0 saturated heterocycles. The summed E-state index contributed by atoms with van der Waals surface area (Å²) in [5.74, 6) is 0. The van der Waals surface area contributed by atoms with Crippen LogP contribution in [0.5, 0.6) is 0 Å². The quantitative estimate of drug-likeness (QED) is 0.164. The van der Waals surface area contributed by atoms with Crippen molar-refractivity contribution >= 4 is 78.0 Å². The maximum absolute atomic E-state index is 2.59. The molecule has 14 rings (SSSR count). The van der Waals surface area contributed by atoms with Gasteiger partial charge in [0, 0.05) is 43.3 Å². The van der Waals surface area contributed by atoms with Crippen LogP contribution in [-0.2, 0) is 5.41 Å². The zero-order valence-corrected chi connectivity index (χ0v) is 34.8. The average Bonchev–Trinajstić information content (AvgIpc) is 3.95. The van der Waals surface area contributed by atoms with Gasteiger partial charge in [-0.1, -0.05) is 157 Å². The summed E-state index contributed by atoms with van der Waals surface area (Å²) in [4.78, 5) is 5.08. The van der Waals surface area contributed by atoms with Crippen LogP contribution in [0.25, 0.3) is 43.5 Å². The standard InChI is InChI=1S/C58H37BN2S/c1-36-27-29-37(30-28-36)38-31-32-50-53(33-38)60(39-15-4-2-5-16-39)51-25-14-26-52-55(51)59(50)57-56(61(52)40-17-6-3-7-18-40)45-34-44-43-21-10-13-24-48(43)58(49(44)35-54(45)62-57)46-22-11-8-19-41(46)42-20-9-12-23-47(42)58/h2-35H,1H3. The van der Waals surface area contributed by atoms with Crippen molar-refractivity contribution in [2.24, 2.45) is 0 Å². The van der Waals surface area contributed by atoms with Gasteiger partial charge < -0.3 is 9.80 Å². The van der Waals surface area contributed by atoms with Crippen molar-refractivity contribution in [2.45, 2.75) is 12.3 Å². The van der Waals surface area contributed by atoms with E-state index in [-0.39, 0.29) is 6.71 Å². The van der Waals surface area contributed by atoms with E-state index in [9.17, 15) is 0 Å². The molecule has 0 N–H and O–H groups in total. The highest BCUT2D eigenvalue weighted by molar-refractivity contribution is 7.33. The maximum Gasteiger partial charge on any atom is 0.264 e. The number of benzene rings is 9. The van der Waals surface area contributed by atoms with Gasteiger partial charge in [-0.2, -0.15) is 0 Å². The van der Waals surface area contributed by atoms with Crippen LogP contribution in [0.1, 0.15) is 27.8 Å².